The molecule has 7 heteroatoms. The lowest BCUT2D eigenvalue weighted by Crippen LogP contribution is -2.14. The summed E-state index contributed by atoms with van der Waals surface area (Å²) in [6.45, 7) is 0. The summed E-state index contributed by atoms with van der Waals surface area (Å²) >= 11 is 0. The number of nitrogens with one attached hydrogen (secondary N) is 2. The molecule has 1 amide bonds. The Morgan fingerprint density at radius 2 is 1.81 bits per heavy atom. The number of anilines is 1. The highest BCUT2D eigenvalue weighted by molar-refractivity contribution is 6.08. The van der Waals surface area contributed by atoms with Crippen molar-refractivity contribution < 1.29 is 13.6 Å². The highest BCUT2D eigenvalue weighted by atomic mass is 19.2. The molecule has 0 unspecified atom stereocenters. The molecule has 2 N–H and O–H groups in total. The van der Waals surface area contributed by atoms with Crippen LogP contribution in [-0.4, -0.2) is 20.9 Å². The Kier molecular flexibility index (Phi) is 3.89. The maximum absolute atomic E-state index is 13.5. The molecule has 2 aromatic carbocycles. The number of aromatic nitrogens is 3. The fourth-order valence-corrected chi connectivity index (χ4v) is 2.63. The Hall–Kier alpha value is -3.61. The molecule has 0 bridgehead atoms. The minimum Gasteiger partial charge on any atom is -0.359 e. The highest BCUT2D eigenvalue weighted by Gasteiger charge is 2.14. The van der Waals surface area contributed by atoms with Crippen molar-refractivity contribution in [1.82, 2.24) is 15.0 Å². The van der Waals surface area contributed by atoms with Gasteiger partial charge in [-0.15, -0.1) is 0 Å². The van der Waals surface area contributed by atoms with E-state index in [-0.39, 0.29) is 5.69 Å². The second-order valence-corrected chi connectivity index (χ2v) is 5.62. The Morgan fingerprint density at radius 3 is 2.62 bits per heavy atom. The molecule has 0 radical (unpaired) electrons. The number of hydrogen-bond donors (Lipinski definition) is 2. The smallest absolute Gasteiger partial charge is 0.275 e. The quantitative estimate of drug-likeness (QED) is 0.583. The van der Waals surface area contributed by atoms with Crippen LogP contribution in [-0.2, 0) is 0 Å². The van der Waals surface area contributed by atoms with Crippen LogP contribution in [0.5, 0.6) is 0 Å². The monoisotopic (exact) mass is 350 g/mol. The average Bonchev–Trinajstić information content (AvgIpc) is 3.04. The average molecular weight is 350 g/mol. The van der Waals surface area contributed by atoms with Gasteiger partial charge in [0.15, 0.2) is 11.6 Å². The van der Waals surface area contributed by atoms with E-state index in [1.807, 2.05) is 30.3 Å². The predicted molar refractivity (Wildman–Crippen MR) is 93.6 cm³/mol. The second kappa shape index (κ2) is 6.36. The van der Waals surface area contributed by atoms with Gasteiger partial charge >= 0.3 is 0 Å². The largest absolute Gasteiger partial charge is 0.359 e. The molecular weight excluding hydrogens is 338 g/mol. The summed E-state index contributed by atoms with van der Waals surface area (Å²) in [5.74, 6) is -2.45. The maximum Gasteiger partial charge on any atom is 0.275 e. The molecule has 5 nitrogen and oxygen atoms in total. The molecule has 4 rings (SSSR count). The van der Waals surface area contributed by atoms with E-state index in [0.717, 1.165) is 17.7 Å². The van der Waals surface area contributed by atoms with E-state index in [1.165, 1.54) is 12.4 Å². The van der Waals surface area contributed by atoms with Gasteiger partial charge in [-0.25, -0.2) is 13.8 Å². The van der Waals surface area contributed by atoms with E-state index in [0.29, 0.717) is 22.3 Å². The third-order valence-electron chi connectivity index (χ3n) is 3.91. The van der Waals surface area contributed by atoms with Crippen LogP contribution in [0.3, 0.4) is 0 Å². The van der Waals surface area contributed by atoms with Crippen LogP contribution in [0, 0.1) is 11.6 Å². The number of hydrogen-bond acceptors (Lipinski definition) is 3. The van der Waals surface area contributed by atoms with Gasteiger partial charge in [0.1, 0.15) is 5.69 Å². The SMILES string of the molecule is O=C(Nc1c[nH]c2cc(F)c(F)cc12)c1cncc(-c2ccccc2)n1. The zero-order valence-electron chi connectivity index (χ0n) is 13.3. The van der Waals surface area contributed by atoms with Gasteiger partial charge in [-0.1, -0.05) is 30.3 Å². The van der Waals surface area contributed by atoms with E-state index in [2.05, 4.69) is 20.3 Å². The van der Waals surface area contributed by atoms with Crippen molar-refractivity contribution in [2.24, 2.45) is 0 Å². The number of benzene rings is 2. The topological polar surface area (TPSA) is 70.7 Å². The van der Waals surface area contributed by atoms with E-state index >= 15 is 0 Å². The minimum absolute atomic E-state index is 0.114. The summed E-state index contributed by atoms with van der Waals surface area (Å²) in [4.78, 5) is 23.7. The number of rotatable bonds is 3. The lowest BCUT2D eigenvalue weighted by atomic mass is 10.1. The van der Waals surface area contributed by atoms with Crippen LogP contribution >= 0.6 is 0 Å². The van der Waals surface area contributed by atoms with Crippen LogP contribution in [0.1, 0.15) is 10.5 Å². The van der Waals surface area contributed by atoms with E-state index in [4.69, 9.17) is 0 Å². The van der Waals surface area contributed by atoms with Gasteiger partial charge in [-0.2, -0.15) is 0 Å². The molecule has 2 heterocycles. The van der Waals surface area contributed by atoms with Gasteiger partial charge in [0.05, 0.1) is 29.3 Å². The van der Waals surface area contributed by atoms with Gasteiger partial charge in [0, 0.05) is 23.2 Å². The molecule has 0 saturated carbocycles. The van der Waals surface area contributed by atoms with Gasteiger partial charge in [-0.3, -0.25) is 9.78 Å². The first-order chi connectivity index (χ1) is 12.6. The number of nitrogens with zero attached hydrogens (tertiary/aromatic N) is 2. The summed E-state index contributed by atoms with van der Waals surface area (Å²) in [5.41, 5.74) is 2.21. The van der Waals surface area contributed by atoms with Crippen molar-refractivity contribution >= 4 is 22.5 Å². The number of carbonyl (C=O) groups is 1. The van der Waals surface area contributed by atoms with Crippen molar-refractivity contribution in [1.29, 1.82) is 0 Å². The van der Waals surface area contributed by atoms with Crippen LogP contribution in [0.15, 0.2) is 61.1 Å². The Morgan fingerprint density at radius 1 is 1.04 bits per heavy atom. The summed E-state index contributed by atoms with van der Waals surface area (Å²) in [6, 6.07) is 11.4. The molecule has 128 valence electrons. The first-order valence-electron chi connectivity index (χ1n) is 7.77. The fourth-order valence-electron chi connectivity index (χ4n) is 2.63. The van der Waals surface area contributed by atoms with Gasteiger partial charge in [0.2, 0.25) is 0 Å². The van der Waals surface area contributed by atoms with Gasteiger partial charge in [-0.05, 0) is 6.07 Å². The zero-order chi connectivity index (χ0) is 18.1. The number of H-pyrrole nitrogens is 1. The van der Waals surface area contributed by atoms with Crippen molar-refractivity contribution in [2.75, 3.05) is 5.32 Å². The van der Waals surface area contributed by atoms with Crippen molar-refractivity contribution in [3.8, 4) is 11.3 Å². The first-order valence-corrected chi connectivity index (χ1v) is 7.77. The van der Waals surface area contributed by atoms with E-state index in [1.54, 1.807) is 6.20 Å². The van der Waals surface area contributed by atoms with Crippen molar-refractivity contribution in [3.63, 3.8) is 0 Å². The third kappa shape index (κ3) is 2.90. The number of amides is 1. The minimum atomic E-state index is -0.988. The molecule has 4 aromatic rings. The van der Waals surface area contributed by atoms with Crippen LogP contribution < -0.4 is 5.32 Å². The summed E-state index contributed by atoms with van der Waals surface area (Å²) < 4.78 is 26.8. The van der Waals surface area contributed by atoms with Crippen molar-refractivity contribution in [3.05, 3.63) is 78.4 Å². The summed E-state index contributed by atoms with van der Waals surface area (Å²) in [6.07, 6.45) is 4.38. The second-order valence-electron chi connectivity index (χ2n) is 5.62. The Labute approximate surface area is 146 Å². The lowest BCUT2D eigenvalue weighted by Gasteiger charge is -2.05. The number of carbonyl (C=O) groups excluding carboxylic acids is 1. The highest BCUT2D eigenvalue weighted by Crippen LogP contribution is 2.26. The van der Waals surface area contributed by atoms with Crippen LogP contribution in [0.25, 0.3) is 22.2 Å². The molecule has 0 saturated heterocycles. The van der Waals surface area contributed by atoms with Crippen molar-refractivity contribution in [2.45, 2.75) is 0 Å². The van der Waals surface area contributed by atoms with Crippen LogP contribution in [0.2, 0.25) is 0 Å². The number of aromatic amines is 1. The summed E-state index contributed by atoms with van der Waals surface area (Å²) in [7, 11) is 0. The molecular formula is C19H12F2N4O. The maximum atomic E-state index is 13.5. The number of fused-ring (bicyclic) bond motifs is 1. The Balaban J connectivity index is 1.64. The van der Waals surface area contributed by atoms with E-state index < -0.39 is 17.5 Å². The molecule has 0 aliphatic rings. The van der Waals surface area contributed by atoms with E-state index in [9.17, 15) is 13.6 Å². The molecule has 0 atom stereocenters. The molecule has 0 aliphatic carbocycles. The molecule has 0 fully saturated rings. The van der Waals surface area contributed by atoms with Gasteiger partial charge in [0.25, 0.3) is 5.91 Å². The summed E-state index contributed by atoms with van der Waals surface area (Å²) in [5, 5.41) is 3.01. The molecule has 26 heavy (non-hydrogen) atoms. The molecule has 0 aliphatic heterocycles. The third-order valence-corrected chi connectivity index (χ3v) is 3.91. The Bertz CT molecular complexity index is 1110. The predicted octanol–water partition coefficient (Wildman–Crippen LogP) is 4.16. The fraction of sp³-hybridized carbons (Fsp3) is 0. The normalized spacial score (nSPS) is 10.8. The van der Waals surface area contributed by atoms with Crippen LogP contribution in [0.4, 0.5) is 14.5 Å². The lowest BCUT2D eigenvalue weighted by molar-refractivity contribution is 0.102. The van der Waals surface area contributed by atoms with Gasteiger partial charge < -0.3 is 10.3 Å². The first kappa shape index (κ1) is 15.9. The molecule has 0 spiro atoms. The standard InChI is InChI=1S/C19H12F2N4O/c20-13-6-12-15(7-14(13)21)23-10-17(12)25-19(26)18-9-22-8-16(24-18)11-4-2-1-3-5-11/h1-10,23H,(H,25,26). The zero-order valence-corrected chi connectivity index (χ0v) is 13.3. The molecule has 2 aromatic heterocycles. The number of halogens is 2.